The van der Waals surface area contributed by atoms with Crippen molar-refractivity contribution in [2.24, 2.45) is 0 Å². The Morgan fingerprint density at radius 2 is 1.80 bits per heavy atom. The SMILES string of the molecule is COc1cccc2oc(C#Cc3ccc(N4CCN(S(=O)(=O)N[C@H](C)C(=O)O)CC4)cc3)c(C)c12. The molecule has 10 heteroatoms. The fraction of sp³-hybridized carbons (Fsp3) is 0.320. The van der Waals surface area contributed by atoms with Gasteiger partial charge in [0.25, 0.3) is 10.2 Å². The molecule has 0 amide bonds. The van der Waals surface area contributed by atoms with Gasteiger partial charge in [-0.1, -0.05) is 12.0 Å². The number of methoxy groups -OCH3 is 1. The zero-order valence-electron chi connectivity index (χ0n) is 19.7. The highest BCUT2D eigenvalue weighted by Gasteiger charge is 2.29. The average Bonchev–Trinajstić information content (AvgIpc) is 3.18. The average molecular weight is 498 g/mol. The van der Waals surface area contributed by atoms with Gasteiger partial charge in [0, 0.05) is 43.0 Å². The van der Waals surface area contributed by atoms with E-state index in [4.69, 9.17) is 14.3 Å². The van der Waals surface area contributed by atoms with Crippen LogP contribution in [-0.2, 0) is 15.0 Å². The number of nitrogens with one attached hydrogen (secondary N) is 1. The molecule has 1 aliphatic rings. The minimum absolute atomic E-state index is 0.262. The smallest absolute Gasteiger partial charge is 0.321 e. The maximum Gasteiger partial charge on any atom is 0.321 e. The van der Waals surface area contributed by atoms with E-state index < -0.39 is 22.2 Å². The third-order valence-electron chi connectivity index (χ3n) is 5.96. The van der Waals surface area contributed by atoms with Crippen LogP contribution in [0.3, 0.4) is 0 Å². The maximum absolute atomic E-state index is 12.4. The van der Waals surface area contributed by atoms with Crippen molar-refractivity contribution in [3.8, 4) is 17.6 Å². The fourth-order valence-electron chi connectivity index (χ4n) is 3.97. The predicted octanol–water partition coefficient (Wildman–Crippen LogP) is 2.58. The van der Waals surface area contributed by atoms with Crippen LogP contribution in [-0.4, -0.2) is 63.1 Å². The monoisotopic (exact) mass is 497 g/mol. The van der Waals surface area contributed by atoms with E-state index >= 15 is 0 Å². The summed E-state index contributed by atoms with van der Waals surface area (Å²) in [6, 6.07) is 12.2. The van der Waals surface area contributed by atoms with E-state index in [1.54, 1.807) is 7.11 Å². The summed E-state index contributed by atoms with van der Waals surface area (Å²) in [5.41, 5.74) is 3.45. The van der Waals surface area contributed by atoms with E-state index in [0.29, 0.717) is 18.8 Å². The van der Waals surface area contributed by atoms with Gasteiger partial charge >= 0.3 is 5.97 Å². The molecule has 0 unspecified atom stereocenters. The van der Waals surface area contributed by atoms with Crippen molar-refractivity contribution in [3.05, 3.63) is 59.4 Å². The van der Waals surface area contributed by atoms with Gasteiger partial charge in [0.05, 0.1) is 12.5 Å². The Morgan fingerprint density at radius 1 is 1.11 bits per heavy atom. The first-order valence-corrected chi connectivity index (χ1v) is 12.6. The summed E-state index contributed by atoms with van der Waals surface area (Å²) < 4.78 is 39.6. The fourth-order valence-corrected chi connectivity index (χ4v) is 5.32. The number of hydrogen-bond acceptors (Lipinski definition) is 6. The Bertz CT molecular complexity index is 1390. The summed E-state index contributed by atoms with van der Waals surface area (Å²) in [6.07, 6.45) is 0. The minimum atomic E-state index is -3.85. The number of ether oxygens (including phenoxy) is 1. The van der Waals surface area contributed by atoms with Crippen LogP contribution in [0.15, 0.2) is 46.9 Å². The van der Waals surface area contributed by atoms with Gasteiger partial charge in [-0.15, -0.1) is 0 Å². The second-order valence-electron chi connectivity index (χ2n) is 8.26. The van der Waals surface area contributed by atoms with Crippen molar-refractivity contribution >= 4 is 32.8 Å². The van der Waals surface area contributed by atoms with E-state index in [0.717, 1.165) is 33.5 Å². The summed E-state index contributed by atoms with van der Waals surface area (Å²) in [7, 11) is -2.22. The first kappa shape index (κ1) is 24.6. The Kier molecular flexibility index (Phi) is 7.03. The second-order valence-corrected chi connectivity index (χ2v) is 9.96. The van der Waals surface area contributed by atoms with Crippen molar-refractivity contribution < 1.29 is 27.5 Å². The molecular formula is C25H27N3O6S. The van der Waals surface area contributed by atoms with Crippen LogP contribution in [0.4, 0.5) is 5.69 Å². The lowest BCUT2D eigenvalue weighted by Crippen LogP contribution is -2.54. The number of piperazine rings is 1. The van der Waals surface area contributed by atoms with Crippen molar-refractivity contribution in [1.29, 1.82) is 0 Å². The molecule has 9 nitrogen and oxygen atoms in total. The van der Waals surface area contributed by atoms with Crippen LogP contribution >= 0.6 is 0 Å². The lowest BCUT2D eigenvalue weighted by atomic mass is 10.1. The van der Waals surface area contributed by atoms with Gasteiger partial charge < -0.3 is 19.2 Å². The number of aliphatic carboxylic acids is 1. The van der Waals surface area contributed by atoms with E-state index in [-0.39, 0.29) is 13.1 Å². The lowest BCUT2D eigenvalue weighted by molar-refractivity contribution is -0.138. The number of nitrogens with zero attached hydrogens (tertiary/aromatic N) is 2. The Morgan fingerprint density at radius 3 is 2.43 bits per heavy atom. The molecular weight excluding hydrogens is 470 g/mol. The molecule has 0 spiro atoms. The zero-order valence-corrected chi connectivity index (χ0v) is 20.6. The van der Waals surface area contributed by atoms with Crippen LogP contribution in [0.2, 0.25) is 0 Å². The number of carbonyl (C=O) groups is 1. The molecule has 2 heterocycles. The van der Waals surface area contributed by atoms with Gasteiger partial charge in [-0.05, 0) is 56.2 Å². The van der Waals surface area contributed by atoms with Gasteiger partial charge in [0.1, 0.15) is 17.4 Å². The maximum atomic E-state index is 12.4. The first-order valence-electron chi connectivity index (χ1n) is 11.1. The Hall–Kier alpha value is -3.52. The predicted molar refractivity (Wildman–Crippen MR) is 133 cm³/mol. The number of benzene rings is 2. The third kappa shape index (κ3) is 5.27. The van der Waals surface area contributed by atoms with E-state index in [9.17, 15) is 13.2 Å². The van der Waals surface area contributed by atoms with Gasteiger partial charge in [-0.25, -0.2) is 0 Å². The topological polar surface area (TPSA) is 112 Å². The normalized spacial score (nSPS) is 15.5. The van der Waals surface area contributed by atoms with Crippen molar-refractivity contribution in [2.75, 3.05) is 38.2 Å². The molecule has 0 aliphatic carbocycles. The first-order chi connectivity index (χ1) is 16.7. The van der Waals surface area contributed by atoms with Gasteiger partial charge in [-0.3, -0.25) is 4.79 Å². The Labute approximate surface area is 204 Å². The molecule has 35 heavy (non-hydrogen) atoms. The minimum Gasteiger partial charge on any atom is -0.496 e. The number of aryl methyl sites for hydroxylation is 1. The standard InChI is InChI=1S/C25H27N3O6S/c1-17-21(34-23-6-4-5-22(33-3)24(17)23)12-9-19-7-10-20(11-8-19)27-13-15-28(16-14-27)35(31,32)26-18(2)25(29)30/h4-8,10-11,18,26H,13-16H2,1-3H3,(H,29,30)/t18-/m1/s1. The van der Waals surface area contributed by atoms with Gasteiger partial charge in [0.2, 0.25) is 0 Å². The van der Waals surface area contributed by atoms with E-state index in [1.165, 1.54) is 11.2 Å². The molecule has 1 atom stereocenters. The molecule has 0 radical (unpaired) electrons. The molecule has 1 aromatic heterocycles. The molecule has 0 bridgehead atoms. The number of carboxylic acids is 1. The highest BCUT2D eigenvalue weighted by Crippen LogP contribution is 2.32. The molecule has 4 rings (SSSR count). The van der Waals surface area contributed by atoms with Crippen LogP contribution in [0, 0.1) is 18.8 Å². The zero-order chi connectivity index (χ0) is 25.2. The van der Waals surface area contributed by atoms with Crippen molar-refractivity contribution in [3.63, 3.8) is 0 Å². The number of fused-ring (bicyclic) bond motifs is 1. The van der Waals surface area contributed by atoms with Crippen molar-refractivity contribution in [2.45, 2.75) is 19.9 Å². The summed E-state index contributed by atoms with van der Waals surface area (Å²) in [5, 5.41) is 9.87. The summed E-state index contributed by atoms with van der Waals surface area (Å²) >= 11 is 0. The molecule has 2 aromatic carbocycles. The highest BCUT2D eigenvalue weighted by molar-refractivity contribution is 7.87. The van der Waals surface area contributed by atoms with Gasteiger partial charge in [0.15, 0.2) is 5.76 Å². The van der Waals surface area contributed by atoms with E-state index in [2.05, 4.69) is 21.5 Å². The second kappa shape index (κ2) is 10.00. The molecule has 1 saturated heterocycles. The van der Waals surface area contributed by atoms with E-state index in [1.807, 2.05) is 49.4 Å². The summed E-state index contributed by atoms with van der Waals surface area (Å²) in [4.78, 5) is 13.0. The highest BCUT2D eigenvalue weighted by atomic mass is 32.2. The third-order valence-corrected chi connectivity index (χ3v) is 7.66. The summed E-state index contributed by atoms with van der Waals surface area (Å²) in [6.45, 7) is 4.77. The van der Waals surface area contributed by atoms with Crippen LogP contribution in [0.1, 0.15) is 23.8 Å². The molecule has 2 N–H and O–H groups in total. The molecule has 3 aromatic rings. The van der Waals surface area contributed by atoms with Crippen LogP contribution in [0.25, 0.3) is 11.0 Å². The number of hydrogen-bond donors (Lipinski definition) is 2. The molecule has 184 valence electrons. The van der Waals surface area contributed by atoms with Crippen LogP contribution in [0.5, 0.6) is 5.75 Å². The largest absolute Gasteiger partial charge is 0.496 e. The number of carboxylic acid groups (broad SMARTS) is 1. The molecule has 1 aliphatic heterocycles. The number of furan rings is 1. The van der Waals surface area contributed by atoms with Crippen LogP contribution < -0.4 is 14.4 Å². The van der Waals surface area contributed by atoms with Gasteiger partial charge in [-0.2, -0.15) is 17.4 Å². The summed E-state index contributed by atoms with van der Waals surface area (Å²) in [5.74, 6) is 6.37. The number of rotatable bonds is 6. The number of anilines is 1. The quantitative estimate of drug-likeness (QED) is 0.504. The molecule has 1 fully saturated rings. The lowest BCUT2D eigenvalue weighted by Gasteiger charge is -2.35. The Balaban J connectivity index is 1.41. The van der Waals surface area contributed by atoms with Crippen molar-refractivity contribution in [1.82, 2.24) is 9.03 Å². The molecule has 0 saturated carbocycles.